The quantitative estimate of drug-likeness (QED) is 0.469. The maximum atomic E-state index is 13.6. The number of nitrogens with one attached hydrogen (secondary N) is 2. The molecule has 0 aliphatic carbocycles. The maximum absolute atomic E-state index is 13.6. The molecule has 11 nitrogen and oxygen atoms in total. The molecule has 0 radical (unpaired) electrons. The first-order valence-corrected chi connectivity index (χ1v) is 13.7. The van der Waals surface area contributed by atoms with Gasteiger partial charge in [-0.25, -0.2) is 18.1 Å². The number of aryl methyl sites for hydroxylation is 1. The summed E-state index contributed by atoms with van der Waals surface area (Å²) in [4.78, 5) is 30.9. The Bertz CT molecular complexity index is 1570. The summed E-state index contributed by atoms with van der Waals surface area (Å²) in [7, 11) is -3.14. The van der Waals surface area contributed by atoms with Gasteiger partial charge in [0, 0.05) is 17.8 Å². The number of nitrogens with zero attached hydrogens (tertiary/aromatic N) is 4. The molecule has 0 unspecified atom stereocenters. The number of sulfone groups is 1. The van der Waals surface area contributed by atoms with Crippen LogP contribution in [0.3, 0.4) is 0 Å². The van der Waals surface area contributed by atoms with Gasteiger partial charge in [-0.05, 0) is 57.5 Å². The number of carbonyl (C=O) groups excluding carboxylic acids is 2. The molecule has 38 heavy (non-hydrogen) atoms. The summed E-state index contributed by atoms with van der Waals surface area (Å²) in [5, 5.41) is 19.5. The van der Waals surface area contributed by atoms with E-state index in [1.807, 2.05) is 26.8 Å². The predicted octanol–water partition coefficient (Wildman–Crippen LogP) is 3.06. The van der Waals surface area contributed by atoms with E-state index >= 15 is 0 Å². The van der Waals surface area contributed by atoms with Crippen molar-refractivity contribution >= 4 is 38.9 Å². The van der Waals surface area contributed by atoms with E-state index in [1.165, 1.54) is 23.0 Å². The first-order chi connectivity index (χ1) is 17.8. The SMILES string of the molecule is Cc1cc(C#N)cc(C(=O)NC(C)(C)C)c1NC(=O)c1cc(OC2CS(=O)(=O)C2)nn1-c1ncccc1Cl. The highest BCUT2D eigenvalue weighted by Crippen LogP contribution is 2.28. The molecule has 0 atom stereocenters. The lowest BCUT2D eigenvalue weighted by Crippen LogP contribution is -2.45. The second-order valence-corrected chi connectivity index (χ2v) is 12.5. The number of rotatable bonds is 6. The fraction of sp³-hybridized carbons (Fsp3) is 0.320. The number of nitriles is 1. The second-order valence-electron chi connectivity index (χ2n) is 9.89. The van der Waals surface area contributed by atoms with Crippen LogP contribution in [0.4, 0.5) is 5.69 Å². The molecule has 0 bridgehead atoms. The van der Waals surface area contributed by atoms with E-state index in [0.29, 0.717) is 5.56 Å². The molecule has 0 spiro atoms. The molecule has 1 aromatic carbocycles. The van der Waals surface area contributed by atoms with E-state index in [2.05, 4.69) is 20.7 Å². The average molecular weight is 557 g/mol. The predicted molar refractivity (Wildman–Crippen MR) is 141 cm³/mol. The number of anilines is 1. The molecule has 2 aromatic heterocycles. The van der Waals surface area contributed by atoms with E-state index in [9.17, 15) is 23.3 Å². The third kappa shape index (κ3) is 5.95. The van der Waals surface area contributed by atoms with Gasteiger partial charge in [-0.15, -0.1) is 5.10 Å². The first-order valence-electron chi connectivity index (χ1n) is 11.5. The summed E-state index contributed by atoms with van der Waals surface area (Å²) in [5.74, 6) is -1.26. The zero-order valence-electron chi connectivity index (χ0n) is 21.1. The van der Waals surface area contributed by atoms with E-state index in [4.69, 9.17) is 16.3 Å². The first kappa shape index (κ1) is 27.1. The minimum atomic E-state index is -3.14. The van der Waals surface area contributed by atoms with Gasteiger partial charge in [0.1, 0.15) is 11.8 Å². The van der Waals surface area contributed by atoms with Crippen molar-refractivity contribution in [3.05, 3.63) is 63.9 Å². The van der Waals surface area contributed by atoms with E-state index < -0.39 is 33.3 Å². The van der Waals surface area contributed by atoms with Crippen molar-refractivity contribution in [1.82, 2.24) is 20.1 Å². The van der Waals surface area contributed by atoms with Gasteiger partial charge >= 0.3 is 0 Å². The van der Waals surface area contributed by atoms with Crippen molar-refractivity contribution in [3.8, 4) is 17.8 Å². The molecule has 1 fully saturated rings. The molecule has 1 saturated heterocycles. The molecular formula is C25H25ClN6O5S. The molecule has 2 N–H and O–H groups in total. The largest absolute Gasteiger partial charge is 0.471 e. The summed E-state index contributed by atoms with van der Waals surface area (Å²) in [5.41, 5.74) is 0.496. The molecule has 1 aliphatic rings. The number of pyridine rings is 1. The fourth-order valence-electron chi connectivity index (χ4n) is 3.81. The van der Waals surface area contributed by atoms with Gasteiger partial charge in [-0.3, -0.25) is 9.59 Å². The number of halogens is 1. The van der Waals surface area contributed by atoms with Crippen LogP contribution in [-0.4, -0.2) is 58.1 Å². The number of aromatic nitrogens is 3. The van der Waals surface area contributed by atoms with Crippen molar-refractivity contribution < 1.29 is 22.7 Å². The lowest BCUT2D eigenvalue weighted by Gasteiger charge is -2.25. The highest BCUT2D eigenvalue weighted by molar-refractivity contribution is 7.92. The van der Waals surface area contributed by atoms with Crippen molar-refractivity contribution in [1.29, 1.82) is 5.26 Å². The zero-order chi connectivity index (χ0) is 27.8. The van der Waals surface area contributed by atoms with Crippen LogP contribution in [-0.2, 0) is 9.84 Å². The Hall–Kier alpha value is -3.95. The van der Waals surface area contributed by atoms with Crippen LogP contribution in [0.25, 0.3) is 5.82 Å². The van der Waals surface area contributed by atoms with Gasteiger partial charge in [0.25, 0.3) is 11.8 Å². The minimum absolute atomic E-state index is 0.0130. The molecule has 0 saturated carbocycles. The molecule has 3 aromatic rings. The summed E-state index contributed by atoms with van der Waals surface area (Å²) < 4.78 is 29.9. The summed E-state index contributed by atoms with van der Waals surface area (Å²) >= 11 is 6.31. The van der Waals surface area contributed by atoms with Crippen molar-refractivity contribution in [2.24, 2.45) is 0 Å². The molecule has 198 valence electrons. The minimum Gasteiger partial charge on any atom is -0.471 e. The van der Waals surface area contributed by atoms with E-state index in [0.717, 1.165) is 0 Å². The zero-order valence-corrected chi connectivity index (χ0v) is 22.6. The topological polar surface area (TPSA) is 156 Å². The number of carbonyl (C=O) groups is 2. The number of benzene rings is 1. The average Bonchev–Trinajstić information content (AvgIpc) is 3.21. The summed E-state index contributed by atoms with van der Waals surface area (Å²) in [6.07, 6.45) is 0.885. The van der Waals surface area contributed by atoms with E-state index in [-0.39, 0.29) is 50.7 Å². The van der Waals surface area contributed by atoms with Crippen LogP contribution in [0.5, 0.6) is 5.88 Å². The molecule has 2 amide bonds. The number of hydrogen-bond acceptors (Lipinski definition) is 8. The summed E-state index contributed by atoms with van der Waals surface area (Å²) in [6.45, 7) is 7.11. The lowest BCUT2D eigenvalue weighted by molar-refractivity contribution is 0.0920. The van der Waals surface area contributed by atoms with Gasteiger partial charge in [-0.1, -0.05) is 11.6 Å². The van der Waals surface area contributed by atoms with Crippen LogP contribution < -0.4 is 15.4 Å². The van der Waals surface area contributed by atoms with E-state index in [1.54, 1.807) is 25.1 Å². The van der Waals surface area contributed by atoms with Crippen LogP contribution in [0, 0.1) is 18.3 Å². The Morgan fingerprint density at radius 3 is 2.53 bits per heavy atom. The summed E-state index contributed by atoms with van der Waals surface area (Å²) in [6, 6.07) is 9.53. The van der Waals surface area contributed by atoms with Crippen LogP contribution in [0.2, 0.25) is 5.02 Å². The van der Waals surface area contributed by atoms with Crippen LogP contribution in [0.1, 0.15) is 52.7 Å². The molecule has 3 heterocycles. The Morgan fingerprint density at radius 2 is 1.92 bits per heavy atom. The number of amides is 2. The maximum Gasteiger partial charge on any atom is 0.274 e. The molecular weight excluding hydrogens is 532 g/mol. The second kappa shape index (κ2) is 10.1. The Morgan fingerprint density at radius 1 is 1.21 bits per heavy atom. The molecule has 13 heteroatoms. The number of ether oxygens (including phenoxy) is 1. The third-order valence-corrected chi connectivity index (χ3v) is 7.52. The monoisotopic (exact) mass is 556 g/mol. The Kier molecular flexibility index (Phi) is 7.18. The molecule has 4 rings (SSSR count). The van der Waals surface area contributed by atoms with Crippen molar-refractivity contribution in [3.63, 3.8) is 0 Å². The normalized spacial score (nSPS) is 14.7. The number of hydrogen-bond donors (Lipinski definition) is 2. The lowest BCUT2D eigenvalue weighted by atomic mass is 10.0. The van der Waals surface area contributed by atoms with Gasteiger partial charge in [0.15, 0.2) is 15.7 Å². The van der Waals surface area contributed by atoms with Gasteiger partial charge in [0.05, 0.1) is 39.4 Å². The van der Waals surface area contributed by atoms with Crippen molar-refractivity contribution in [2.75, 3.05) is 16.8 Å². The van der Waals surface area contributed by atoms with Gasteiger partial charge in [-0.2, -0.15) is 5.26 Å². The molecule has 1 aliphatic heterocycles. The highest BCUT2D eigenvalue weighted by Gasteiger charge is 2.36. The van der Waals surface area contributed by atoms with Gasteiger partial charge in [0.2, 0.25) is 5.88 Å². The van der Waals surface area contributed by atoms with Gasteiger partial charge < -0.3 is 15.4 Å². The standard InChI is InChI=1S/C25H25ClN6O5S/c1-14-8-15(11-27)9-17(23(33)30-25(2,3)4)21(14)29-24(34)19-10-20(37-16-12-38(35,36)13-16)31-32(19)22-18(26)6-5-7-28-22/h5-10,16H,12-13H2,1-4H3,(H,29,34)(H,30,33). The van der Waals surface area contributed by atoms with Crippen molar-refractivity contribution in [2.45, 2.75) is 39.3 Å². The third-order valence-electron chi connectivity index (χ3n) is 5.46. The Labute approximate surface area is 224 Å². The Balaban J connectivity index is 1.73. The van der Waals surface area contributed by atoms with Crippen LogP contribution in [0.15, 0.2) is 36.5 Å². The smallest absolute Gasteiger partial charge is 0.274 e. The fourth-order valence-corrected chi connectivity index (χ4v) is 5.18. The van der Waals surface area contributed by atoms with Crippen LogP contribution >= 0.6 is 11.6 Å². The highest BCUT2D eigenvalue weighted by atomic mass is 35.5.